The maximum Gasteiger partial charge on any atom is 0.312 e. The smallest absolute Gasteiger partial charge is 0.312 e. The molecule has 6 heteroatoms. The maximum absolute atomic E-state index is 13.7. The first-order valence-electron chi connectivity index (χ1n) is 13.9. The first kappa shape index (κ1) is 31.1. The van der Waals surface area contributed by atoms with Gasteiger partial charge in [0, 0.05) is 29.6 Å². The predicted octanol–water partition coefficient (Wildman–Crippen LogP) is 9.28. The highest BCUT2D eigenvalue weighted by molar-refractivity contribution is 7.81. The normalized spacial score (nSPS) is 16.0. The van der Waals surface area contributed by atoms with Gasteiger partial charge in [0.25, 0.3) is 0 Å². The lowest BCUT2D eigenvalue weighted by molar-refractivity contribution is -0.180. The third-order valence-corrected chi connectivity index (χ3v) is 7.68. The number of esters is 1. The van der Waals surface area contributed by atoms with E-state index in [0.717, 1.165) is 40.8 Å². The summed E-state index contributed by atoms with van der Waals surface area (Å²) >= 11 is 4.84. The Morgan fingerprint density at radius 3 is 2.21 bits per heavy atom. The molecule has 3 rings (SSSR count). The van der Waals surface area contributed by atoms with Crippen LogP contribution in [0.1, 0.15) is 94.7 Å². The zero-order valence-corrected chi connectivity index (χ0v) is 26.6. The van der Waals surface area contributed by atoms with Crippen LogP contribution in [-0.4, -0.2) is 21.5 Å². The molecule has 39 heavy (non-hydrogen) atoms. The summed E-state index contributed by atoms with van der Waals surface area (Å²) in [6, 6.07) is 11.8. The van der Waals surface area contributed by atoms with Crippen molar-refractivity contribution in [2.75, 3.05) is 0 Å². The number of nitrogens with zero attached hydrogens (tertiary/aromatic N) is 1. The van der Waals surface area contributed by atoms with Crippen LogP contribution < -0.4 is 4.74 Å². The van der Waals surface area contributed by atoms with Gasteiger partial charge < -0.3 is 13.9 Å². The summed E-state index contributed by atoms with van der Waals surface area (Å²) in [4.78, 5) is 17.2. The number of rotatable bonds is 9. The Morgan fingerprint density at radius 1 is 0.949 bits per heavy atom. The maximum atomic E-state index is 13.7. The number of fused-ring (bicyclic) bond motifs is 1. The van der Waals surface area contributed by atoms with Gasteiger partial charge in [-0.3, -0.25) is 9.78 Å². The second-order valence-corrected chi connectivity index (χ2v) is 15.0. The highest BCUT2D eigenvalue weighted by atomic mass is 32.1. The quantitative estimate of drug-likeness (QED) is 0.162. The van der Waals surface area contributed by atoms with Gasteiger partial charge in [-0.15, -0.1) is 12.6 Å². The highest BCUT2D eigenvalue weighted by Crippen LogP contribution is 2.48. The zero-order valence-electron chi connectivity index (χ0n) is 25.7. The van der Waals surface area contributed by atoms with Crippen molar-refractivity contribution >= 4 is 29.6 Å². The summed E-state index contributed by atoms with van der Waals surface area (Å²) in [5.41, 5.74) is 0.991. The van der Waals surface area contributed by atoms with Gasteiger partial charge in [-0.05, 0) is 81.7 Å². The van der Waals surface area contributed by atoms with Gasteiger partial charge in [0.1, 0.15) is 22.7 Å². The summed E-state index contributed by atoms with van der Waals surface area (Å²) in [5, 5.41) is 0.985. The van der Waals surface area contributed by atoms with Crippen LogP contribution in [0.4, 0.5) is 0 Å². The lowest BCUT2D eigenvalue weighted by Crippen LogP contribution is -2.48. The van der Waals surface area contributed by atoms with Gasteiger partial charge in [0.05, 0.1) is 11.1 Å². The van der Waals surface area contributed by atoms with Crippen LogP contribution in [0.3, 0.4) is 0 Å². The monoisotopic (exact) mass is 553 g/mol. The molecule has 0 N–H and O–H groups in total. The van der Waals surface area contributed by atoms with Crippen LogP contribution in [0.5, 0.6) is 5.75 Å². The molecule has 0 radical (unpaired) electrons. The SMILES string of the molecule is CCc1ncccc1-c1cc2ccc(OC(C)(S)CC(C)(C)OC(=O)C(C)(CC(C)(C)C)C(C)(C)C)cc2o1. The molecule has 5 nitrogen and oxygen atoms in total. The fourth-order valence-corrected chi connectivity index (χ4v) is 5.82. The minimum Gasteiger partial charge on any atom is -0.477 e. The minimum atomic E-state index is -0.895. The number of pyridine rings is 1. The molecule has 3 aromatic rings. The molecular formula is C33H47NO4S. The van der Waals surface area contributed by atoms with Crippen molar-refractivity contribution in [1.82, 2.24) is 4.98 Å². The number of furan rings is 1. The zero-order chi connectivity index (χ0) is 29.4. The Labute approximate surface area is 240 Å². The van der Waals surface area contributed by atoms with E-state index in [1.165, 1.54) is 0 Å². The molecule has 2 aromatic heterocycles. The number of benzene rings is 1. The Hall–Kier alpha value is -2.47. The highest BCUT2D eigenvalue weighted by Gasteiger charge is 2.49. The predicted molar refractivity (Wildman–Crippen MR) is 163 cm³/mol. The second-order valence-electron chi connectivity index (χ2n) is 14.1. The molecule has 1 aromatic carbocycles. The lowest BCUT2D eigenvalue weighted by atomic mass is 9.61. The molecular weight excluding hydrogens is 506 g/mol. The van der Waals surface area contributed by atoms with Crippen LogP contribution in [0.25, 0.3) is 22.3 Å². The van der Waals surface area contributed by atoms with Crippen molar-refractivity contribution in [2.24, 2.45) is 16.2 Å². The number of thiol groups is 1. The summed E-state index contributed by atoms with van der Waals surface area (Å²) in [7, 11) is 0. The molecule has 0 aliphatic rings. The number of aryl methyl sites for hydroxylation is 1. The number of carbonyl (C=O) groups is 1. The van der Waals surface area contributed by atoms with E-state index in [2.05, 4.69) is 53.5 Å². The van der Waals surface area contributed by atoms with Gasteiger partial charge in [-0.25, -0.2) is 0 Å². The van der Waals surface area contributed by atoms with Crippen molar-refractivity contribution in [1.29, 1.82) is 0 Å². The molecule has 214 valence electrons. The average molecular weight is 554 g/mol. The molecule has 0 aliphatic heterocycles. The Bertz CT molecular complexity index is 1310. The van der Waals surface area contributed by atoms with Crippen molar-refractivity contribution in [3.05, 3.63) is 48.3 Å². The molecule has 0 spiro atoms. The topological polar surface area (TPSA) is 61.6 Å². The largest absolute Gasteiger partial charge is 0.477 e. The van der Waals surface area contributed by atoms with Crippen LogP contribution in [0.15, 0.2) is 47.0 Å². The molecule has 0 fully saturated rings. The van der Waals surface area contributed by atoms with Gasteiger partial charge >= 0.3 is 5.97 Å². The van der Waals surface area contributed by atoms with E-state index in [9.17, 15) is 4.79 Å². The third-order valence-electron chi connectivity index (χ3n) is 7.43. The molecule has 0 amide bonds. The first-order valence-corrected chi connectivity index (χ1v) is 14.3. The standard InChI is InChI=1S/C33H47NO4S/c1-12-25-24(14-13-17-34-25)27-18-22-15-16-23(19-26(22)36-27)37-33(11,39)21-31(8,9)38-28(35)32(10,30(5,6)7)20-29(2,3)4/h13-19,39H,12,20-21H2,1-11H3. The lowest BCUT2D eigenvalue weighted by Gasteiger charge is -2.45. The third kappa shape index (κ3) is 7.59. The van der Waals surface area contributed by atoms with E-state index in [4.69, 9.17) is 26.5 Å². The molecule has 0 saturated heterocycles. The number of hydrogen-bond donors (Lipinski definition) is 1. The molecule has 0 saturated carbocycles. The van der Waals surface area contributed by atoms with Crippen LogP contribution >= 0.6 is 12.6 Å². The van der Waals surface area contributed by atoms with Crippen molar-refractivity contribution < 1.29 is 18.7 Å². The van der Waals surface area contributed by atoms with Crippen molar-refractivity contribution in [2.45, 2.75) is 106 Å². The summed E-state index contributed by atoms with van der Waals surface area (Å²) in [6.07, 6.45) is 3.74. The molecule has 2 unspecified atom stereocenters. The molecule has 0 aliphatic carbocycles. The second kappa shape index (κ2) is 10.8. The Morgan fingerprint density at radius 2 is 1.62 bits per heavy atom. The van der Waals surface area contributed by atoms with Gasteiger partial charge in [0.2, 0.25) is 0 Å². The fraction of sp³-hybridized carbons (Fsp3) is 0.576. The Kier molecular flexibility index (Phi) is 8.63. The van der Waals surface area contributed by atoms with E-state index in [0.29, 0.717) is 12.2 Å². The average Bonchev–Trinajstić information content (AvgIpc) is 3.18. The van der Waals surface area contributed by atoms with Crippen LogP contribution in [-0.2, 0) is 16.0 Å². The number of hydrogen-bond acceptors (Lipinski definition) is 6. The van der Waals surface area contributed by atoms with Gasteiger partial charge in [-0.2, -0.15) is 0 Å². The summed E-state index contributed by atoms with van der Waals surface area (Å²) in [6.45, 7) is 22.6. The van der Waals surface area contributed by atoms with Crippen LogP contribution in [0.2, 0.25) is 0 Å². The molecule has 2 atom stereocenters. The fourth-order valence-electron chi connectivity index (χ4n) is 5.34. The first-order chi connectivity index (χ1) is 17.8. The van der Waals surface area contributed by atoms with Gasteiger partial charge in [0.15, 0.2) is 4.93 Å². The minimum absolute atomic E-state index is 0.0220. The van der Waals surface area contributed by atoms with E-state index in [1.807, 2.05) is 64.1 Å². The van der Waals surface area contributed by atoms with Gasteiger partial charge in [-0.1, -0.05) is 48.5 Å². The summed E-state index contributed by atoms with van der Waals surface area (Å²) < 4.78 is 18.7. The Balaban J connectivity index is 1.78. The number of carbonyl (C=O) groups excluding carboxylic acids is 1. The van der Waals surface area contributed by atoms with E-state index in [1.54, 1.807) is 6.20 Å². The van der Waals surface area contributed by atoms with Crippen molar-refractivity contribution in [3.8, 4) is 17.1 Å². The van der Waals surface area contributed by atoms with Crippen LogP contribution in [0, 0.1) is 16.2 Å². The molecule has 2 heterocycles. The van der Waals surface area contributed by atoms with E-state index >= 15 is 0 Å². The van der Waals surface area contributed by atoms with E-state index < -0.39 is 15.9 Å². The molecule has 0 bridgehead atoms. The number of aromatic nitrogens is 1. The summed E-state index contributed by atoms with van der Waals surface area (Å²) in [5.74, 6) is 1.23. The number of ether oxygens (including phenoxy) is 2. The van der Waals surface area contributed by atoms with Crippen molar-refractivity contribution in [3.63, 3.8) is 0 Å². The van der Waals surface area contributed by atoms with E-state index in [-0.39, 0.29) is 16.8 Å².